The Morgan fingerprint density at radius 2 is 1.79 bits per heavy atom. The summed E-state index contributed by atoms with van der Waals surface area (Å²) in [5, 5.41) is 3.98. The number of hydrazine groups is 1. The predicted octanol–water partition coefficient (Wildman–Crippen LogP) is 2.46. The van der Waals surface area contributed by atoms with Gasteiger partial charge in [-0.15, -0.1) is 0 Å². The van der Waals surface area contributed by atoms with E-state index in [0.717, 1.165) is 5.01 Å². The highest BCUT2D eigenvalue weighted by Crippen LogP contribution is 2.22. The SMILES string of the molecule is COC(=O)c1ccc(NC(=O)COC(=O)[C@H]2CC(=O)N(NC(=O)c3ccc(Cl)cc3Cl)C2)cc1. The Labute approximate surface area is 204 Å². The van der Waals surface area contributed by atoms with Gasteiger partial charge in [-0.2, -0.15) is 0 Å². The summed E-state index contributed by atoms with van der Waals surface area (Å²) in [5.41, 5.74) is 3.22. The molecule has 0 aliphatic carbocycles. The van der Waals surface area contributed by atoms with Gasteiger partial charge in [0, 0.05) is 17.1 Å². The van der Waals surface area contributed by atoms with Gasteiger partial charge in [-0.1, -0.05) is 23.2 Å². The first-order valence-electron chi connectivity index (χ1n) is 9.89. The van der Waals surface area contributed by atoms with E-state index in [0.29, 0.717) is 16.3 Å². The molecule has 10 nitrogen and oxygen atoms in total. The van der Waals surface area contributed by atoms with Crippen LogP contribution in [-0.4, -0.2) is 54.9 Å². The molecular formula is C22H19Cl2N3O7. The molecule has 2 aromatic rings. The highest BCUT2D eigenvalue weighted by atomic mass is 35.5. The second kappa shape index (κ2) is 11.0. The molecule has 1 fully saturated rings. The number of rotatable bonds is 7. The molecule has 0 aromatic heterocycles. The molecule has 34 heavy (non-hydrogen) atoms. The van der Waals surface area contributed by atoms with Crippen LogP contribution in [0.25, 0.3) is 0 Å². The maximum absolute atomic E-state index is 12.4. The monoisotopic (exact) mass is 507 g/mol. The van der Waals surface area contributed by atoms with Crippen molar-refractivity contribution in [2.24, 2.45) is 5.92 Å². The number of hydrogen-bond acceptors (Lipinski definition) is 7. The van der Waals surface area contributed by atoms with Crippen molar-refractivity contribution in [3.8, 4) is 0 Å². The number of methoxy groups -OCH3 is 1. The lowest BCUT2D eigenvalue weighted by atomic mass is 10.1. The van der Waals surface area contributed by atoms with E-state index >= 15 is 0 Å². The fourth-order valence-corrected chi connectivity index (χ4v) is 3.58. The van der Waals surface area contributed by atoms with Gasteiger partial charge < -0.3 is 14.8 Å². The van der Waals surface area contributed by atoms with Crippen molar-refractivity contribution in [1.82, 2.24) is 10.4 Å². The maximum atomic E-state index is 12.4. The Bertz CT molecular complexity index is 1140. The van der Waals surface area contributed by atoms with Gasteiger partial charge in [0.15, 0.2) is 6.61 Å². The van der Waals surface area contributed by atoms with Crippen LogP contribution in [0.4, 0.5) is 5.69 Å². The number of benzene rings is 2. The molecule has 1 heterocycles. The maximum Gasteiger partial charge on any atom is 0.337 e. The fourth-order valence-electron chi connectivity index (χ4n) is 3.09. The van der Waals surface area contributed by atoms with Crippen molar-refractivity contribution in [3.63, 3.8) is 0 Å². The highest BCUT2D eigenvalue weighted by Gasteiger charge is 2.37. The Morgan fingerprint density at radius 3 is 2.44 bits per heavy atom. The lowest BCUT2D eigenvalue weighted by molar-refractivity contribution is -0.151. The first-order valence-corrected chi connectivity index (χ1v) is 10.6. The van der Waals surface area contributed by atoms with E-state index in [1.165, 1.54) is 49.6 Å². The smallest absolute Gasteiger partial charge is 0.337 e. The molecule has 0 unspecified atom stereocenters. The van der Waals surface area contributed by atoms with E-state index in [9.17, 15) is 24.0 Å². The zero-order valence-corrected chi connectivity index (χ0v) is 19.3. The van der Waals surface area contributed by atoms with E-state index < -0.39 is 42.2 Å². The third kappa shape index (κ3) is 6.24. The number of anilines is 1. The normalized spacial score (nSPS) is 15.0. The third-order valence-electron chi connectivity index (χ3n) is 4.81. The summed E-state index contributed by atoms with van der Waals surface area (Å²) in [5.74, 6) is -3.87. The van der Waals surface area contributed by atoms with E-state index in [1.54, 1.807) is 0 Å². The van der Waals surface area contributed by atoms with Gasteiger partial charge in [-0.3, -0.25) is 29.6 Å². The molecular weight excluding hydrogens is 489 g/mol. The first-order chi connectivity index (χ1) is 16.2. The summed E-state index contributed by atoms with van der Waals surface area (Å²) in [4.78, 5) is 60.4. The Kier molecular flexibility index (Phi) is 8.08. The summed E-state index contributed by atoms with van der Waals surface area (Å²) in [7, 11) is 1.26. The molecule has 1 atom stereocenters. The number of hydrogen-bond donors (Lipinski definition) is 2. The molecule has 0 radical (unpaired) electrons. The number of amides is 3. The largest absolute Gasteiger partial charge is 0.465 e. The molecule has 1 aliphatic rings. The standard InChI is InChI=1S/C22H19Cl2N3O7/c1-33-21(31)12-2-5-15(6-3-12)25-18(28)11-34-22(32)13-8-19(29)27(10-13)26-20(30)16-7-4-14(23)9-17(16)24/h2-7,9,13H,8,10-11H2,1H3,(H,25,28)(H,26,30)/t13-/m0/s1. The number of carbonyl (C=O) groups is 5. The molecule has 0 saturated carbocycles. The average Bonchev–Trinajstić information content (AvgIpc) is 3.17. The molecule has 1 saturated heterocycles. The van der Waals surface area contributed by atoms with Gasteiger partial charge >= 0.3 is 11.9 Å². The van der Waals surface area contributed by atoms with Crippen molar-refractivity contribution >= 4 is 58.5 Å². The van der Waals surface area contributed by atoms with Crippen molar-refractivity contribution in [3.05, 3.63) is 63.6 Å². The first kappa shape index (κ1) is 25.0. The Balaban J connectivity index is 1.48. The molecule has 3 amide bonds. The fraction of sp³-hybridized carbons (Fsp3) is 0.227. The number of esters is 2. The summed E-state index contributed by atoms with van der Waals surface area (Å²) in [6.07, 6.45) is -0.190. The van der Waals surface area contributed by atoms with Crippen LogP contribution in [-0.2, 0) is 23.9 Å². The zero-order valence-electron chi connectivity index (χ0n) is 17.8. The van der Waals surface area contributed by atoms with Crippen LogP contribution in [0, 0.1) is 5.92 Å². The molecule has 12 heteroatoms. The van der Waals surface area contributed by atoms with E-state index in [-0.39, 0.29) is 23.6 Å². The van der Waals surface area contributed by atoms with E-state index in [2.05, 4.69) is 15.5 Å². The summed E-state index contributed by atoms with van der Waals surface area (Å²) in [6.45, 7) is -0.694. The quantitative estimate of drug-likeness (QED) is 0.550. The van der Waals surface area contributed by atoms with Crippen LogP contribution in [0.1, 0.15) is 27.1 Å². The Morgan fingerprint density at radius 1 is 1.09 bits per heavy atom. The number of halogens is 2. The Hall–Kier alpha value is -3.63. The molecule has 0 spiro atoms. The van der Waals surface area contributed by atoms with Gasteiger partial charge in [0.25, 0.3) is 11.8 Å². The number of carbonyl (C=O) groups excluding carboxylic acids is 5. The average molecular weight is 508 g/mol. The van der Waals surface area contributed by atoms with Crippen molar-refractivity contribution in [2.45, 2.75) is 6.42 Å². The van der Waals surface area contributed by atoms with E-state index in [1.807, 2.05) is 0 Å². The van der Waals surface area contributed by atoms with Crippen LogP contribution in [0.5, 0.6) is 0 Å². The summed E-state index contributed by atoms with van der Waals surface area (Å²) in [6, 6.07) is 10.2. The van der Waals surface area contributed by atoms with Crippen LogP contribution < -0.4 is 10.7 Å². The molecule has 3 rings (SSSR count). The second-order valence-electron chi connectivity index (χ2n) is 7.20. The molecule has 0 bridgehead atoms. The van der Waals surface area contributed by atoms with Gasteiger partial charge in [-0.05, 0) is 42.5 Å². The third-order valence-corrected chi connectivity index (χ3v) is 5.35. The minimum Gasteiger partial charge on any atom is -0.465 e. The van der Waals surface area contributed by atoms with Crippen LogP contribution in [0.3, 0.4) is 0 Å². The van der Waals surface area contributed by atoms with Crippen LogP contribution in [0.15, 0.2) is 42.5 Å². The lowest BCUT2D eigenvalue weighted by Crippen LogP contribution is -2.43. The second-order valence-corrected chi connectivity index (χ2v) is 8.04. The van der Waals surface area contributed by atoms with Crippen molar-refractivity contribution in [2.75, 3.05) is 25.6 Å². The number of ether oxygens (including phenoxy) is 2. The van der Waals surface area contributed by atoms with E-state index in [4.69, 9.17) is 27.9 Å². The van der Waals surface area contributed by atoms with Crippen LogP contribution in [0.2, 0.25) is 10.0 Å². The van der Waals surface area contributed by atoms with Gasteiger partial charge in [0.1, 0.15) is 0 Å². The molecule has 1 aliphatic heterocycles. The van der Waals surface area contributed by atoms with Gasteiger partial charge in [0.2, 0.25) is 5.91 Å². The minimum absolute atomic E-state index is 0.110. The minimum atomic E-state index is -0.861. The molecule has 2 N–H and O–H groups in total. The number of nitrogens with one attached hydrogen (secondary N) is 2. The van der Waals surface area contributed by atoms with Gasteiger partial charge in [-0.25, -0.2) is 4.79 Å². The van der Waals surface area contributed by atoms with Crippen molar-refractivity contribution in [1.29, 1.82) is 0 Å². The summed E-state index contributed by atoms with van der Waals surface area (Å²) >= 11 is 11.8. The number of nitrogens with zero attached hydrogens (tertiary/aromatic N) is 1. The lowest BCUT2D eigenvalue weighted by Gasteiger charge is -2.18. The molecule has 178 valence electrons. The van der Waals surface area contributed by atoms with Crippen molar-refractivity contribution < 1.29 is 33.4 Å². The topological polar surface area (TPSA) is 131 Å². The zero-order chi connectivity index (χ0) is 24.8. The predicted molar refractivity (Wildman–Crippen MR) is 121 cm³/mol. The van der Waals surface area contributed by atoms with Gasteiger partial charge in [0.05, 0.1) is 35.7 Å². The molecule has 2 aromatic carbocycles. The summed E-state index contributed by atoms with van der Waals surface area (Å²) < 4.78 is 9.60. The highest BCUT2D eigenvalue weighted by molar-refractivity contribution is 6.36. The van der Waals surface area contributed by atoms with Crippen LogP contribution >= 0.6 is 23.2 Å².